The Labute approximate surface area is 120 Å². The molecule has 1 aromatic carbocycles. The minimum Gasteiger partial charge on any atom is -0.493 e. The van der Waals surface area contributed by atoms with Crippen LogP contribution < -0.4 is 15.2 Å². The molecule has 0 saturated heterocycles. The maximum atomic E-state index is 12.0. The molecule has 0 atom stereocenters. The topological polar surface area (TPSA) is 64.8 Å². The summed E-state index contributed by atoms with van der Waals surface area (Å²) in [6.45, 7) is 5.79. The van der Waals surface area contributed by atoms with Crippen molar-refractivity contribution < 1.29 is 14.3 Å². The molecule has 0 bridgehead atoms. The number of methoxy groups -OCH3 is 1. The molecule has 1 amide bonds. The fourth-order valence-corrected chi connectivity index (χ4v) is 2.04. The summed E-state index contributed by atoms with van der Waals surface area (Å²) in [5, 5.41) is 0. The molecular formula is C15H24N2O3. The van der Waals surface area contributed by atoms with Gasteiger partial charge in [-0.1, -0.05) is 12.1 Å². The number of amides is 1. The molecule has 2 N–H and O–H groups in total. The monoisotopic (exact) mass is 280 g/mol. The lowest BCUT2D eigenvalue weighted by Gasteiger charge is -2.20. The molecule has 0 fully saturated rings. The number of ether oxygens (including phenoxy) is 2. The second-order valence-electron chi connectivity index (χ2n) is 4.34. The fourth-order valence-electron chi connectivity index (χ4n) is 2.04. The lowest BCUT2D eigenvalue weighted by atomic mass is 10.1. The van der Waals surface area contributed by atoms with Crippen LogP contribution in [0, 0.1) is 0 Å². The van der Waals surface area contributed by atoms with E-state index in [0.717, 1.165) is 5.56 Å². The molecule has 0 aliphatic carbocycles. The summed E-state index contributed by atoms with van der Waals surface area (Å²) < 4.78 is 11.0. The molecular weight excluding hydrogens is 256 g/mol. The Bertz CT molecular complexity index is 431. The molecule has 1 rings (SSSR count). The first-order valence-corrected chi connectivity index (χ1v) is 6.94. The van der Waals surface area contributed by atoms with Crippen LogP contribution in [-0.4, -0.2) is 44.2 Å². The SMILES string of the molecule is CCN(CC)C(=O)COc1c(CCN)cccc1OC. The maximum absolute atomic E-state index is 12.0. The third-order valence-electron chi connectivity index (χ3n) is 3.15. The molecule has 0 unspecified atom stereocenters. The van der Waals surface area contributed by atoms with Crippen LogP contribution in [0.3, 0.4) is 0 Å². The molecule has 0 aliphatic heterocycles. The number of hydrogen-bond acceptors (Lipinski definition) is 4. The number of nitrogens with two attached hydrogens (primary N) is 1. The maximum Gasteiger partial charge on any atom is 0.260 e. The summed E-state index contributed by atoms with van der Waals surface area (Å²) in [5.41, 5.74) is 6.55. The Hall–Kier alpha value is -1.75. The van der Waals surface area contributed by atoms with Crippen LogP contribution in [0.4, 0.5) is 0 Å². The second kappa shape index (κ2) is 8.43. The zero-order valence-electron chi connectivity index (χ0n) is 12.5. The molecule has 0 saturated carbocycles. The average Bonchev–Trinajstić information content (AvgIpc) is 2.47. The van der Waals surface area contributed by atoms with E-state index >= 15 is 0 Å². The van der Waals surface area contributed by atoms with Gasteiger partial charge in [-0.3, -0.25) is 4.79 Å². The van der Waals surface area contributed by atoms with E-state index in [0.29, 0.717) is 37.6 Å². The number of benzene rings is 1. The summed E-state index contributed by atoms with van der Waals surface area (Å²) in [6, 6.07) is 5.65. The third kappa shape index (κ3) is 4.13. The first-order valence-electron chi connectivity index (χ1n) is 6.94. The van der Waals surface area contributed by atoms with Gasteiger partial charge in [-0.15, -0.1) is 0 Å². The Morgan fingerprint density at radius 1 is 1.30 bits per heavy atom. The van der Waals surface area contributed by atoms with Crippen molar-refractivity contribution in [1.29, 1.82) is 0 Å². The number of nitrogens with zero attached hydrogens (tertiary/aromatic N) is 1. The quantitative estimate of drug-likeness (QED) is 0.782. The lowest BCUT2D eigenvalue weighted by Crippen LogP contribution is -2.34. The zero-order chi connectivity index (χ0) is 15.0. The highest BCUT2D eigenvalue weighted by atomic mass is 16.5. The van der Waals surface area contributed by atoms with Crippen molar-refractivity contribution in [3.05, 3.63) is 23.8 Å². The van der Waals surface area contributed by atoms with E-state index < -0.39 is 0 Å². The molecule has 5 heteroatoms. The predicted molar refractivity (Wildman–Crippen MR) is 79.2 cm³/mol. The average molecular weight is 280 g/mol. The van der Waals surface area contributed by atoms with Gasteiger partial charge in [0.05, 0.1) is 7.11 Å². The normalized spacial score (nSPS) is 10.2. The van der Waals surface area contributed by atoms with Gasteiger partial charge in [0.15, 0.2) is 18.1 Å². The van der Waals surface area contributed by atoms with Gasteiger partial charge in [-0.05, 0) is 38.4 Å². The van der Waals surface area contributed by atoms with Crippen molar-refractivity contribution in [2.75, 3.05) is 33.4 Å². The van der Waals surface area contributed by atoms with Crippen LogP contribution in [0.2, 0.25) is 0 Å². The Morgan fingerprint density at radius 2 is 2.00 bits per heavy atom. The highest BCUT2D eigenvalue weighted by Gasteiger charge is 2.14. The zero-order valence-corrected chi connectivity index (χ0v) is 12.5. The standard InChI is InChI=1S/C15H24N2O3/c1-4-17(5-2)14(18)11-20-15-12(9-10-16)7-6-8-13(15)19-3/h6-8H,4-5,9-11,16H2,1-3H3. The molecule has 5 nitrogen and oxygen atoms in total. The highest BCUT2D eigenvalue weighted by molar-refractivity contribution is 5.77. The minimum atomic E-state index is -0.0281. The Kier molecular flexibility index (Phi) is 6.87. The van der Waals surface area contributed by atoms with Crippen molar-refractivity contribution in [3.63, 3.8) is 0 Å². The van der Waals surface area contributed by atoms with E-state index in [9.17, 15) is 4.79 Å². The first-order chi connectivity index (χ1) is 9.67. The predicted octanol–water partition coefficient (Wildman–Crippen LogP) is 1.44. The van der Waals surface area contributed by atoms with Crippen LogP contribution in [0.5, 0.6) is 11.5 Å². The number of hydrogen-bond donors (Lipinski definition) is 1. The molecule has 0 aliphatic rings. The van der Waals surface area contributed by atoms with Crippen LogP contribution in [0.25, 0.3) is 0 Å². The molecule has 0 heterocycles. The molecule has 0 spiro atoms. The first kappa shape index (κ1) is 16.3. The van der Waals surface area contributed by atoms with Crippen molar-refractivity contribution in [1.82, 2.24) is 4.90 Å². The van der Waals surface area contributed by atoms with Crippen LogP contribution in [-0.2, 0) is 11.2 Å². The van der Waals surface area contributed by atoms with Crippen LogP contribution in [0.15, 0.2) is 18.2 Å². The molecule has 0 radical (unpaired) electrons. The summed E-state index contributed by atoms with van der Waals surface area (Å²) >= 11 is 0. The third-order valence-corrected chi connectivity index (χ3v) is 3.15. The van der Waals surface area contributed by atoms with E-state index in [-0.39, 0.29) is 12.5 Å². The number of likely N-dealkylation sites (N-methyl/N-ethyl adjacent to an activating group) is 1. The number of carbonyl (C=O) groups is 1. The van der Waals surface area contributed by atoms with Gasteiger partial charge in [-0.25, -0.2) is 0 Å². The minimum absolute atomic E-state index is 0.0135. The van der Waals surface area contributed by atoms with Crippen molar-refractivity contribution in [2.24, 2.45) is 5.73 Å². The van der Waals surface area contributed by atoms with Gasteiger partial charge >= 0.3 is 0 Å². The number of rotatable bonds is 8. The Balaban J connectivity index is 2.82. The molecule has 0 aromatic heterocycles. The molecule has 20 heavy (non-hydrogen) atoms. The van der Waals surface area contributed by atoms with Crippen LogP contribution >= 0.6 is 0 Å². The summed E-state index contributed by atoms with van der Waals surface area (Å²) in [6.07, 6.45) is 0.687. The van der Waals surface area contributed by atoms with Crippen molar-refractivity contribution >= 4 is 5.91 Å². The summed E-state index contributed by atoms with van der Waals surface area (Å²) in [5.74, 6) is 1.21. The van der Waals surface area contributed by atoms with Crippen molar-refractivity contribution in [3.8, 4) is 11.5 Å². The second-order valence-corrected chi connectivity index (χ2v) is 4.34. The number of para-hydroxylation sites is 1. The smallest absolute Gasteiger partial charge is 0.260 e. The van der Waals surface area contributed by atoms with Gasteiger partial charge in [-0.2, -0.15) is 0 Å². The summed E-state index contributed by atoms with van der Waals surface area (Å²) in [7, 11) is 1.58. The largest absolute Gasteiger partial charge is 0.493 e. The van der Waals surface area contributed by atoms with E-state index in [1.54, 1.807) is 12.0 Å². The van der Waals surface area contributed by atoms with E-state index in [2.05, 4.69) is 0 Å². The highest BCUT2D eigenvalue weighted by Crippen LogP contribution is 2.31. The van der Waals surface area contributed by atoms with E-state index in [4.69, 9.17) is 15.2 Å². The van der Waals surface area contributed by atoms with Gasteiger partial charge in [0.25, 0.3) is 5.91 Å². The lowest BCUT2D eigenvalue weighted by molar-refractivity contribution is -0.133. The molecule has 1 aromatic rings. The Morgan fingerprint density at radius 3 is 2.55 bits per heavy atom. The van der Waals surface area contributed by atoms with Gasteiger partial charge in [0.2, 0.25) is 0 Å². The van der Waals surface area contributed by atoms with Gasteiger partial charge in [0.1, 0.15) is 0 Å². The summed E-state index contributed by atoms with van der Waals surface area (Å²) in [4.78, 5) is 13.7. The van der Waals surface area contributed by atoms with E-state index in [1.165, 1.54) is 0 Å². The number of carbonyl (C=O) groups excluding carboxylic acids is 1. The molecule has 112 valence electrons. The fraction of sp³-hybridized carbons (Fsp3) is 0.533. The van der Waals surface area contributed by atoms with E-state index in [1.807, 2.05) is 32.0 Å². The van der Waals surface area contributed by atoms with Gasteiger partial charge in [0, 0.05) is 13.1 Å². The van der Waals surface area contributed by atoms with Gasteiger partial charge < -0.3 is 20.1 Å². The van der Waals surface area contributed by atoms with Crippen molar-refractivity contribution in [2.45, 2.75) is 20.3 Å². The van der Waals surface area contributed by atoms with Crippen LogP contribution in [0.1, 0.15) is 19.4 Å².